The number of rotatable bonds is 4. The molecule has 0 aliphatic carbocycles. The van der Waals surface area contributed by atoms with Crippen molar-refractivity contribution in [3.8, 4) is 0 Å². The summed E-state index contributed by atoms with van der Waals surface area (Å²) in [7, 11) is 2.12. The van der Waals surface area contributed by atoms with Crippen LogP contribution in [0.1, 0.15) is 11.3 Å². The first-order valence-electron chi connectivity index (χ1n) is 7.88. The number of halogens is 1. The third kappa shape index (κ3) is 3.96. The fraction of sp³-hybridized carbons (Fsp3) is 0.412. The van der Waals surface area contributed by atoms with Gasteiger partial charge in [0, 0.05) is 50.0 Å². The molecule has 2 aromatic rings. The molecular weight excluding hydrogens is 293 g/mol. The van der Waals surface area contributed by atoms with E-state index < -0.39 is 0 Å². The maximum absolute atomic E-state index is 13.7. The van der Waals surface area contributed by atoms with E-state index in [0.29, 0.717) is 12.1 Å². The average Bonchev–Trinajstić information content (AvgIpc) is 2.54. The standard InChI is InChI=1S/C17H22FN5/c1-13-11-16(19-12-14-5-3-4-6-15(14)18)21-17(20-13)23-9-7-22(2)8-10-23/h3-6,11H,7-10,12H2,1-2H3,(H,19,20,21). The molecule has 5 nitrogen and oxygen atoms in total. The molecule has 1 N–H and O–H groups in total. The molecule has 0 unspecified atom stereocenters. The number of hydrogen-bond acceptors (Lipinski definition) is 5. The summed E-state index contributed by atoms with van der Waals surface area (Å²) in [4.78, 5) is 13.6. The summed E-state index contributed by atoms with van der Waals surface area (Å²) in [5.74, 6) is 1.27. The molecule has 0 atom stereocenters. The highest BCUT2D eigenvalue weighted by molar-refractivity contribution is 5.44. The fourth-order valence-corrected chi connectivity index (χ4v) is 2.62. The van der Waals surface area contributed by atoms with E-state index in [2.05, 4.69) is 32.1 Å². The lowest BCUT2D eigenvalue weighted by molar-refractivity contribution is 0.311. The topological polar surface area (TPSA) is 44.3 Å². The van der Waals surface area contributed by atoms with Crippen LogP contribution in [0.3, 0.4) is 0 Å². The summed E-state index contributed by atoms with van der Waals surface area (Å²) >= 11 is 0. The molecule has 1 fully saturated rings. The Morgan fingerprint density at radius 3 is 2.61 bits per heavy atom. The molecule has 0 spiro atoms. The number of nitrogens with zero attached hydrogens (tertiary/aromatic N) is 4. The summed E-state index contributed by atoms with van der Waals surface area (Å²) < 4.78 is 13.7. The largest absolute Gasteiger partial charge is 0.366 e. The van der Waals surface area contributed by atoms with Gasteiger partial charge in [0.2, 0.25) is 5.95 Å². The van der Waals surface area contributed by atoms with Crippen LogP contribution in [0, 0.1) is 12.7 Å². The van der Waals surface area contributed by atoms with Gasteiger partial charge in [0.1, 0.15) is 11.6 Å². The number of aromatic nitrogens is 2. The average molecular weight is 315 g/mol. The highest BCUT2D eigenvalue weighted by Crippen LogP contribution is 2.16. The third-order valence-electron chi connectivity index (χ3n) is 4.05. The van der Waals surface area contributed by atoms with Crippen LogP contribution < -0.4 is 10.2 Å². The molecule has 23 heavy (non-hydrogen) atoms. The molecule has 0 bridgehead atoms. The van der Waals surface area contributed by atoms with Gasteiger partial charge >= 0.3 is 0 Å². The highest BCUT2D eigenvalue weighted by Gasteiger charge is 2.17. The zero-order chi connectivity index (χ0) is 16.2. The molecule has 122 valence electrons. The van der Waals surface area contributed by atoms with Crippen molar-refractivity contribution in [3.05, 3.63) is 47.4 Å². The van der Waals surface area contributed by atoms with E-state index in [1.807, 2.05) is 19.1 Å². The number of piperazine rings is 1. The van der Waals surface area contributed by atoms with E-state index in [-0.39, 0.29) is 5.82 Å². The summed E-state index contributed by atoms with van der Waals surface area (Å²) in [6.45, 7) is 6.23. The van der Waals surface area contributed by atoms with Gasteiger partial charge in [0.15, 0.2) is 0 Å². The fourth-order valence-electron chi connectivity index (χ4n) is 2.62. The van der Waals surface area contributed by atoms with Crippen molar-refractivity contribution in [1.29, 1.82) is 0 Å². The second-order valence-electron chi connectivity index (χ2n) is 5.93. The first kappa shape index (κ1) is 15.7. The van der Waals surface area contributed by atoms with Crippen LogP contribution >= 0.6 is 0 Å². The van der Waals surface area contributed by atoms with Crippen molar-refractivity contribution in [1.82, 2.24) is 14.9 Å². The van der Waals surface area contributed by atoms with Crippen molar-refractivity contribution >= 4 is 11.8 Å². The lowest BCUT2D eigenvalue weighted by Crippen LogP contribution is -2.45. The van der Waals surface area contributed by atoms with Crippen LogP contribution in [0.15, 0.2) is 30.3 Å². The van der Waals surface area contributed by atoms with Crippen molar-refractivity contribution in [2.45, 2.75) is 13.5 Å². The minimum atomic E-state index is -0.204. The Labute approximate surface area is 136 Å². The van der Waals surface area contributed by atoms with E-state index in [1.165, 1.54) is 6.07 Å². The lowest BCUT2D eigenvalue weighted by atomic mass is 10.2. The number of likely N-dealkylation sites (N-methyl/N-ethyl adjacent to an activating group) is 1. The van der Waals surface area contributed by atoms with E-state index >= 15 is 0 Å². The Balaban J connectivity index is 1.71. The molecule has 1 aromatic heterocycles. The maximum atomic E-state index is 13.7. The molecule has 2 heterocycles. The van der Waals surface area contributed by atoms with Gasteiger partial charge in [-0.3, -0.25) is 0 Å². The molecule has 1 saturated heterocycles. The van der Waals surface area contributed by atoms with E-state index in [4.69, 9.17) is 0 Å². The molecule has 0 amide bonds. The maximum Gasteiger partial charge on any atom is 0.227 e. The molecular formula is C17H22FN5. The monoisotopic (exact) mass is 315 g/mol. The van der Waals surface area contributed by atoms with Crippen LogP contribution in [0.4, 0.5) is 16.2 Å². The SMILES string of the molecule is Cc1cc(NCc2ccccc2F)nc(N2CCN(C)CC2)n1. The second kappa shape index (κ2) is 6.91. The molecule has 1 aromatic carbocycles. The second-order valence-corrected chi connectivity index (χ2v) is 5.93. The van der Waals surface area contributed by atoms with E-state index in [0.717, 1.165) is 43.6 Å². The number of anilines is 2. The van der Waals surface area contributed by atoms with Crippen molar-refractivity contribution in [2.75, 3.05) is 43.4 Å². The van der Waals surface area contributed by atoms with Gasteiger partial charge in [-0.2, -0.15) is 4.98 Å². The summed E-state index contributed by atoms with van der Waals surface area (Å²) in [6.07, 6.45) is 0. The zero-order valence-corrected chi connectivity index (χ0v) is 13.6. The molecule has 0 saturated carbocycles. The van der Waals surface area contributed by atoms with Gasteiger partial charge in [0.05, 0.1) is 0 Å². The van der Waals surface area contributed by atoms with E-state index in [9.17, 15) is 4.39 Å². The molecule has 0 radical (unpaired) electrons. The third-order valence-corrected chi connectivity index (χ3v) is 4.05. The minimum Gasteiger partial charge on any atom is -0.366 e. The normalized spacial score (nSPS) is 15.7. The zero-order valence-electron chi connectivity index (χ0n) is 13.6. The summed E-state index contributed by atoms with van der Waals surface area (Å²) in [5, 5.41) is 3.20. The summed E-state index contributed by atoms with van der Waals surface area (Å²) in [6, 6.07) is 8.66. The molecule has 1 aliphatic rings. The van der Waals surface area contributed by atoms with Crippen molar-refractivity contribution in [3.63, 3.8) is 0 Å². The van der Waals surface area contributed by atoms with Crippen molar-refractivity contribution in [2.24, 2.45) is 0 Å². The number of nitrogens with one attached hydrogen (secondary N) is 1. The Morgan fingerprint density at radius 2 is 1.87 bits per heavy atom. The first-order chi connectivity index (χ1) is 11.1. The molecule has 1 aliphatic heterocycles. The Morgan fingerprint density at radius 1 is 1.13 bits per heavy atom. The minimum absolute atomic E-state index is 0.204. The van der Waals surface area contributed by atoms with Gasteiger partial charge in [-0.15, -0.1) is 0 Å². The Bertz CT molecular complexity index is 668. The first-order valence-corrected chi connectivity index (χ1v) is 7.88. The van der Waals surface area contributed by atoms with Gasteiger partial charge in [-0.25, -0.2) is 9.37 Å². The van der Waals surface area contributed by atoms with Crippen LogP contribution in [-0.4, -0.2) is 48.1 Å². The van der Waals surface area contributed by atoms with Gasteiger partial charge < -0.3 is 15.1 Å². The predicted molar refractivity (Wildman–Crippen MR) is 90.2 cm³/mol. The van der Waals surface area contributed by atoms with Gasteiger partial charge in [-0.1, -0.05) is 18.2 Å². The number of aryl methyl sites for hydroxylation is 1. The highest BCUT2D eigenvalue weighted by atomic mass is 19.1. The Kier molecular flexibility index (Phi) is 4.71. The van der Waals surface area contributed by atoms with Crippen LogP contribution in [0.5, 0.6) is 0 Å². The molecule has 3 rings (SSSR count). The predicted octanol–water partition coefficient (Wildman–Crippen LogP) is 2.29. The van der Waals surface area contributed by atoms with E-state index in [1.54, 1.807) is 12.1 Å². The quantitative estimate of drug-likeness (QED) is 0.938. The van der Waals surface area contributed by atoms with Crippen LogP contribution in [0.2, 0.25) is 0 Å². The summed E-state index contributed by atoms with van der Waals surface area (Å²) in [5.41, 5.74) is 1.54. The van der Waals surface area contributed by atoms with Gasteiger partial charge in [0.25, 0.3) is 0 Å². The van der Waals surface area contributed by atoms with Crippen molar-refractivity contribution < 1.29 is 4.39 Å². The number of benzene rings is 1. The van der Waals surface area contributed by atoms with Gasteiger partial charge in [-0.05, 0) is 20.0 Å². The lowest BCUT2D eigenvalue weighted by Gasteiger charge is -2.32. The number of hydrogen-bond donors (Lipinski definition) is 1. The molecule has 6 heteroatoms. The van der Waals surface area contributed by atoms with Crippen LogP contribution in [0.25, 0.3) is 0 Å². The Hall–Kier alpha value is -2.21. The smallest absolute Gasteiger partial charge is 0.227 e. The van der Waals surface area contributed by atoms with Crippen LogP contribution in [-0.2, 0) is 6.54 Å².